The van der Waals surface area contributed by atoms with Crippen molar-refractivity contribution < 1.29 is 4.39 Å². The summed E-state index contributed by atoms with van der Waals surface area (Å²) < 4.78 is 15.2. The maximum atomic E-state index is 13.2. The van der Waals surface area contributed by atoms with Crippen LogP contribution in [0.2, 0.25) is 0 Å². The Balaban J connectivity index is 1.63. The summed E-state index contributed by atoms with van der Waals surface area (Å²) in [6.07, 6.45) is 9.02. The number of rotatable bonds is 3. The molecule has 0 bridgehead atoms. The average molecular weight is 304 g/mol. The summed E-state index contributed by atoms with van der Waals surface area (Å²) in [4.78, 5) is 12.8. The summed E-state index contributed by atoms with van der Waals surface area (Å²) in [5.41, 5.74) is 3.50. The molecule has 3 aromatic heterocycles. The number of hydrogen-bond donors (Lipinski definition) is 0. The Labute approximate surface area is 132 Å². The van der Waals surface area contributed by atoms with E-state index in [2.05, 4.69) is 15.0 Å². The van der Waals surface area contributed by atoms with Crippen molar-refractivity contribution in [3.63, 3.8) is 0 Å². The second-order valence-electron chi connectivity index (χ2n) is 5.35. The maximum Gasteiger partial charge on any atom is 0.125 e. The summed E-state index contributed by atoms with van der Waals surface area (Å²) in [5.74, 6) is -0.278. The van der Waals surface area contributed by atoms with Gasteiger partial charge in [0.2, 0.25) is 0 Å². The van der Waals surface area contributed by atoms with Crippen molar-refractivity contribution >= 4 is 10.9 Å². The highest BCUT2D eigenvalue weighted by atomic mass is 19.1. The number of pyridine rings is 2. The molecule has 0 aliphatic rings. The molecule has 0 unspecified atom stereocenters. The van der Waals surface area contributed by atoms with Gasteiger partial charge < -0.3 is 4.57 Å². The maximum absolute atomic E-state index is 13.2. The van der Waals surface area contributed by atoms with E-state index in [1.807, 2.05) is 35.2 Å². The lowest BCUT2D eigenvalue weighted by Crippen LogP contribution is -1.97. The van der Waals surface area contributed by atoms with Gasteiger partial charge in [0.25, 0.3) is 0 Å². The van der Waals surface area contributed by atoms with Crippen molar-refractivity contribution in [2.45, 2.75) is 6.54 Å². The summed E-state index contributed by atoms with van der Waals surface area (Å²) in [5, 5.41) is 0.896. The van der Waals surface area contributed by atoms with Crippen LogP contribution in [0.5, 0.6) is 0 Å². The predicted octanol–water partition coefficient (Wildman–Crippen LogP) is 3.68. The lowest BCUT2D eigenvalue weighted by Gasteiger charge is -2.05. The lowest BCUT2D eigenvalue weighted by molar-refractivity contribution is 0.629. The third kappa shape index (κ3) is 2.81. The summed E-state index contributed by atoms with van der Waals surface area (Å²) in [6, 6.07) is 10.6. The number of nitrogens with zero attached hydrogens (tertiary/aromatic N) is 4. The fraction of sp³-hybridized carbons (Fsp3) is 0.0556. The van der Waals surface area contributed by atoms with E-state index in [4.69, 9.17) is 0 Å². The highest BCUT2D eigenvalue weighted by molar-refractivity contribution is 5.82. The van der Waals surface area contributed by atoms with E-state index in [1.165, 1.54) is 12.1 Å². The van der Waals surface area contributed by atoms with Gasteiger partial charge in [-0.25, -0.2) is 9.37 Å². The minimum Gasteiger partial charge on any atom is -0.333 e. The van der Waals surface area contributed by atoms with Crippen LogP contribution >= 0.6 is 0 Å². The van der Waals surface area contributed by atoms with Crippen molar-refractivity contribution in [2.75, 3.05) is 0 Å². The van der Waals surface area contributed by atoms with Crippen LogP contribution in [0.4, 0.5) is 4.39 Å². The van der Waals surface area contributed by atoms with Crippen LogP contribution in [0.3, 0.4) is 0 Å². The SMILES string of the molecule is Fc1ccc2cc(-c3ccc(Cn4ccnc4)cn3)cnc2c1. The fourth-order valence-corrected chi connectivity index (χ4v) is 2.51. The summed E-state index contributed by atoms with van der Waals surface area (Å²) in [6.45, 7) is 0.739. The van der Waals surface area contributed by atoms with E-state index in [1.54, 1.807) is 24.8 Å². The standard InChI is InChI=1S/C18H13FN4/c19-16-3-2-14-7-15(10-22-18(14)8-16)17-4-1-13(9-21-17)11-23-6-5-20-12-23/h1-10,12H,11H2. The van der Waals surface area contributed by atoms with Crippen molar-refractivity contribution in [1.82, 2.24) is 19.5 Å². The smallest absolute Gasteiger partial charge is 0.125 e. The fourth-order valence-electron chi connectivity index (χ4n) is 2.51. The second kappa shape index (κ2) is 5.61. The molecule has 0 aliphatic heterocycles. The summed E-state index contributed by atoms with van der Waals surface area (Å²) in [7, 11) is 0. The Bertz CT molecular complexity index is 947. The molecule has 112 valence electrons. The van der Waals surface area contributed by atoms with Crippen LogP contribution in [0.1, 0.15) is 5.56 Å². The van der Waals surface area contributed by atoms with Gasteiger partial charge in [-0.05, 0) is 29.8 Å². The topological polar surface area (TPSA) is 43.6 Å². The minimum atomic E-state index is -0.278. The van der Waals surface area contributed by atoms with Gasteiger partial charge in [0.1, 0.15) is 5.82 Å². The zero-order chi connectivity index (χ0) is 15.6. The van der Waals surface area contributed by atoms with Crippen LogP contribution in [-0.4, -0.2) is 19.5 Å². The predicted molar refractivity (Wildman–Crippen MR) is 86.3 cm³/mol. The molecule has 0 N–H and O–H groups in total. The Hall–Kier alpha value is -3.08. The molecular formula is C18H13FN4. The first kappa shape index (κ1) is 13.6. The van der Waals surface area contributed by atoms with Crippen LogP contribution in [0.25, 0.3) is 22.2 Å². The molecule has 0 atom stereocenters. The number of aromatic nitrogens is 4. The molecule has 0 radical (unpaired) electrons. The highest BCUT2D eigenvalue weighted by Gasteiger charge is 2.04. The first-order valence-electron chi connectivity index (χ1n) is 7.24. The van der Waals surface area contributed by atoms with Crippen LogP contribution in [-0.2, 0) is 6.54 Å². The molecule has 0 amide bonds. The van der Waals surface area contributed by atoms with Crippen LogP contribution < -0.4 is 0 Å². The average Bonchev–Trinajstić information content (AvgIpc) is 3.08. The Morgan fingerprint density at radius 2 is 1.96 bits per heavy atom. The number of hydrogen-bond acceptors (Lipinski definition) is 3. The van der Waals surface area contributed by atoms with E-state index in [9.17, 15) is 4.39 Å². The third-order valence-corrected chi connectivity index (χ3v) is 3.69. The van der Waals surface area contributed by atoms with Crippen molar-refractivity contribution in [3.8, 4) is 11.3 Å². The van der Waals surface area contributed by atoms with Gasteiger partial charge in [-0.15, -0.1) is 0 Å². The Morgan fingerprint density at radius 1 is 1.00 bits per heavy atom. The van der Waals surface area contributed by atoms with Crippen LogP contribution in [0.15, 0.2) is 67.5 Å². The van der Waals surface area contributed by atoms with Crippen LogP contribution in [0, 0.1) is 5.82 Å². The van der Waals surface area contributed by atoms with E-state index in [-0.39, 0.29) is 5.82 Å². The first-order valence-corrected chi connectivity index (χ1v) is 7.24. The molecule has 0 saturated heterocycles. The molecule has 4 aromatic rings. The molecule has 4 nitrogen and oxygen atoms in total. The second-order valence-corrected chi connectivity index (χ2v) is 5.35. The quantitative estimate of drug-likeness (QED) is 0.580. The van der Waals surface area contributed by atoms with Gasteiger partial charge in [-0.2, -0.15) is 0 Å². The number of fused-ring (bicyclic) bond motifs is 1. The Kier molecular flexibility index (Phi) is 3.31. The van der Waals surface area contributed by atoms with Gasteiger partial charge in [0.05, 0.1) is 17.5 Å². The molecule has 1 aromatic carbocycles. The van der Waals surface area contributed by atoms with Crippen molar-refractivity contribution in [1.29, 1.82) is 0 Å². The molecule has 0 fully saturated rings. The molecule has 4 rings (SSSR count). The van der Waals surface area contributed by atoms with E-state index < -0.39 is 0 Å². The zero-order valence-electron chi connectivity index (χ0n) is 12.2. The summed E-state index contributed by atoms with van der Waals surface area (Å²) >= 11 is 0. The number of imidazole rings is 1. The third-order valence-electron chi connectivity index (χ3n) is 3.69. The van der Waals surface area contributed by atoms with Gasteiger partial charge in [-0.3, -0.25) is 9.97 Å². The first-order chi connectivity index (χ1) is 11.3. The van der Waals surface area contributed by atoms with Crippen molar-refractivity contribution in [2.24, 2.45) is 0 Å². The minimum absolute atomic E-state index is 0.278. The number of halogens is 1. The zero-order valence-corrected chi connectivity index (χ0v) is 12.2. The Morgan fingerprint density at radius 3 is 2.74 bits per heavy atom. The lowest BCUT2D eigenvalue weighted by atomic mass is 10.1. The molecule has 0 aliphatic carbocycles. The molecule has 0 spiro atoms. The molecular weight excluding hydrogens is 291 g/mol. The molecule has 5 heteroatoms. The largest absolute Gasteiger partial charge is 0.333 e. The van der Waals surface area contributed by atoms with E-state index in [0.29, 0.717) is 5.52 Å². The molecule has 0 saturated carbocycles. The van der Waals surface area contributed by atoms with E-state index >= 15 is 0 Å². The van der Waals surface area contributed by atoms with Gasteiger partial charge in [-0.1, -0.05) is 6.07 Å². The normalized spacial score (nSPS) is 11.0. The monoisotopic (exact) mass is 304 g/mol. The van der Waals surface area contributed by atoms with Gasteiger partial charge in [0, 0.05) is 48.3 Å². The van der Waals surface area contributed by atoms with Gasteiger partial charge in [0.15, 0.2) is 0 Å². The highest BCUT2D eigenvalue weighted by Crippen LogP contribution is 2.22. The number of benzene rings is 1. The van der Waals surface area contributed by atoms with Gasteiger partial charge >= 0.3 is 0 Å². The van der Waals surface area contributed by atoms with Crippen molar-refractivity contribution in [3.05, 3.63) is 78.9 Å². The molecule has 23 heavy (non-hydrogen) atoms. The molecule has 3 heterocycles. The van der Waals surface area contributed by atoms with E-state index in [0.717, 1.165) is 28.8 Å².